The summed E-state index contributed by atoms with van der Waals surface area (Å²) < 4.78 is 0. The van der Waals surface area contributed by atoms with Crippen LogP contribution in [0.4, 0.5) is 0 Å². The summed E-state index contributed by atoms with van der Waals surface area (Å²) >= 11 is 0. The van der Waals surface area contributed by atoms with Crippen LogP contribution >= 0.6 is 0 Å². The van der Waals surface area contributed by atoms with Gasteiger partial charge in [0.2, 0.25) is 0 Å². The fourth-order valence-electron chi connectivity index (χ4n) is 0.774. The molecule has 0 aliphatic carbocycles. The monoisotopic (exact) mass is 146 g/mol. The molecular weight excluding hydrogens is 135 g/mol. The third-order valence-electron chi connectivity index (χ3n) is 1.24. The smallest absolute Gasteiger partial charge is 1.00 e. The predicted molar refractivity (Wildman–Crippen MR) is 38.3 cm³/mol. The third kappa shape index (κ3) is 3.37. The number of aliphatic hydroxyl groups is 1. The van der Waals surface area contributed by atoms with Gasteiger partial charge in [-0.25, -0.2) is 0 Å². The third-order valence-corrected chi connectivity index (χ3v) is 1.24. The van der Waals surface area contributed by atoms with Crippen LogP contribution in [0.3, 0.4) is 0 Å². The molecular formula is C8H11NaO. The van der Waals surface area contributed by atoms with E-state index in [1.165, 1.54) is 5.56 Å². The van der Waals surface area contributed by atoms with Gasteiger partial charge in [-0.3, -0.25) is 0 Å². The average Bonchev–Trinajstić information content (AvgIpc) is 1.91. The standard InChI is InChI=1S/C8H10O.Na.H/c9-7-6-8-4-2-1-3-5-8;;/h1-5,9H,6-7H2;;/q;+1;-1. The van der Waals surface area contributed by atoms with Gasteiger partial charge in [0, 0.05) is 6.61 Å². The van der Waals surface area contributed by atoms with Gasteiger partial charge in [-0.15, -0.1) is 0 Å². The SMILES string of the molecule is OCCc1ccccc1.[H-].[Na+]. The first-order valence-corrected chi connectivity index (χ1v) is 3.08. The molecule has 10 heavy (non-hydrogen) atoms. The molecule has 0 unspecified atom stereocenters. The van der Waals surface area contributed by atoms with Crippen molar-refractivity contribution in [2.45, 2.75) is 6.42 Å². The van der Waals surface area contributed by atoms with Crippen LogP contribution in [-0.2, 0) is 6.42 Å². The molecule has 0 radical (unpaired) electrons. The van der Waals surface area contributed by atoms with Gasteiger partial charge in [-0.1, -0.05) is 30.3 Å². The number of rotatable bonds is 2. The molecule has 0 saturated carbocycles. The van der Waals surface area contributed by atoms with Crippen molar-refractivity contribution in [3.63, 3.8) is 0 Å². The van der Waals surface area contributed by atoms with Crippen molar-refractivity contribution in [2.24, 2.45) is 0 Å². The van der Waals surface area contributed by atoms with Gasteiger partial charge in [0.25, 0.3) is 0 Å². The van der Waals surface area contributed by atoms with Crippen LogP contribution in [0.1, 0.15) is 6.99 Å². The molecule has 0 amide bonds. The van der Waals surface area contributed by atoms with E-state index in [-0.39, 0.29) is 37.6 Å². The Morgan fingerprint density at radius 2 is 1.80 bits per heavy atom. The molecule has 0 heterocycles. The summed E-state index contributed by atoms with van der Waals surface area (Å²) in [6.45, 7) is 0.240. The van der Waals surface area contributed by atoms with Gasteiger partial charge < -0.3 is 6.53 Å². The zero-order valence-corrected chi connectivity index (χ0v) is 8.25. The predicted octanol–water partition coefficient (Wildman–Crippen LogP) is -1.66. The van der Waals surface area contributed by atoms with Crippen molar-refractivity contribution < 1.29 is 36.1 Å². The average molecular weight is 146 g/mol. The minimum atomic E-state index is 0. The second-order valence-corrected chi connectivity index (χ2v) is 1.96. The van der Waals surface area contributed by atoms with Crippen LogP contribution in [0.5, 0.6) is 0 Å². The number of hydrogen-bond acceptors (Lipinski definition) is 1. The summed E-state index contributed by atoms with van der Waals surface area (Å²) in [6.07, 6.45) is 0.765. The Kier molecular flexibility index (Phi) is 6.03. The summed E-state index contributed by atoms with van der Waals surface area (Å²) in [5, 5.41) is 8.52. The van der Waals surface area contributed by atoms with Gasteiger partial charge in [0.1, 0.15) is 0 Å². The van der Waals surface area contributed by atoms with Crippen molar-refractivity contribution >= 4 is 0 Å². The van der Waals surface area contributed by atoms with E-state index < -0.39 is 0 Å². The maximum absolute atomic E-state index is 8.52. The Labute approximate surface area is 84.9 Å². The Morgan fingerprint density at radius 3 is 2.30 bits per heavy atom. The Morgan fingerprint density at radius 1 is 1.20 bits per heavy atom. The Hall–Kier alpha value is 0.180. The molecule has 0 saturated heterocycles. The van der Waals surface area contributed by atoms with E-state index in [0.29, 0.717) is 0 Å². The van der Waals surface area contributed by atoms with E-state index in [2.05, 4.69) is 0 Å². The van der Waals surface area contributed by atoms with E-state index in [9.17, 15) is 0 Å². The fourth-order valence-corrected chi connectivity index (χ4v) is 0.774. The van der Waals surface area contributed by atoms with Crippen molar-refractivity contribution in [2.75, 3.05) is 6.61 Å². The van der Waals surface area contributed by atoms with Crippen LogP contribution in [0.25, 0.3) is 0 Å². The largest absolute Gasteiger partial charge is 1.00 e. The molecule has 1 nitrogen and oxygen atoms in total. The topological polar surface area (TPSA) is 20.2 Å². The van der Waals surface area contributed by atoms with Crippen LogP contribution in [0, 0.1) is 0 Å². The summed E-state index contributed by atoms with van der Waals surface area (Å²) in [4.78, 5) is 0. The second-order valence-electron chi connectivity index (χ2n) is 1.96. The fraction of sp³-hybridized carbons (Fsp3) is 0.250. The summed E-state index contributed by atoms with van der Waals surface area (Å²) in [7, 11) is 0. The molecule has 1 N–H and O–H groups in total. The molecule has 0 atom stereocenters. The zero-order chi connectivity index (χ0) is 6.53. The first-order chi connectivity index (χ1) is 4.43. The normalized spacial score (nSPS) is 8.50. The van der Waals surface area contributed by atoms with Gasteiger partial charge in [0.05, 0.1) is 0 Å². The quantitative estimate of drug-likeness (QED) is 0.495. The molecule has 1 aromatic carbocycles. The van der Waals surface area contributed by atoms with E-state index in [1.807, 2.05) is 30.3 Å². The maximum atomic E-state index is 8.52. The molecule has 1 rings (SSSR count). The van der Waals surface area contributed by atoms with Crippen LogP contribution in [0.15, 0.2) is 30.3 Å². The zero-order valence-electron chi connectivity index (χ0n) is 7.25. The molecule has 0 fully saturated rings. The second kappa shape index (κ2) is 5.93. The maximum Gasteiger partial charge on any atom is 1.00 e. The first-order valence-electron chi connectivity index (χ1n) is 3.08. The molecule has 0 aliphatic rings. The number of benzene rings is 1. The summed E-state index contributed by atoms with van der Waals surface area (Å²) in [6, 6.07) is 9.95. The minimum absolute atomic E-state index is 0. The van der Waals surface area contributed by atoms with Gasteiger partial charge in [-0.2, -0.15) is 0 Å². The number of aliphatic hydroxyl groups excluding tert-OH is 1. The Balaban J connectivity index is 0. The van der Waals surface area contributed by atoms with Gasteiger partial charge in [-0.05, 0) is 12.0 Å². The van der Waals surface area contributed by atoms with Crippen LogP contribution in [0.2, 0.25) is 0 Å². The Bertz CT molecular complexity index is 167. The van der Waals surface area contributed by atoms with Crippen LogP contribution < -0.4 is 29.6 Å². The van der Waals surface area contributed by atoms with Crippen molar-refractivity contribution in [1.82, 2.24) is 0 Å². The van der Waals surface area contributed by atoms with Crippen molar-refractivity contribution in [1.29, 1.82) is 0 Å². The van der Waals surface area contributed by atoms with Crippen molar-refractivity contribution in [3.05, 3.63) is 35.9 Å². The molecule has 0 spiro atoms. The summed E-state index contributed by atoms with van der Waals surface area (Å²) in [5.74, 6) is 0. The molecule has 2 heteroatoms. The first kappa shape index (κ1) is 10.2. The minimum Gasteiger partial charge on any atom is -1.00 e. The summed E-state index contributed by atoms with van der Waals surface area (Å²) in [5.41, 5.74) is 1.19. The molecule has 50 valence electrons. The molecule has 0 bridgehead atoms. The van der Waals surface area contributed by atoms with Gasteiger partial charge >= 0.3 is 29.6 Å². The molecule has 1 aromatic rings. The van der Waals surface area contributed by atoms with Crippen LogP contribution in [-0.4, -0.2) is 11.7 Å². The van der Waals surface area contributed by atoms with E-state index in [1.54, 1.807) is 0 Å². The van der Waals surface area contributed by atoms with Gasteiger partial charge in [0.15, 0.2) is 0 Å². The van der Waals surface area contributed by atoms with E-state index in [0.717, 1.165) is 6.42 Å². The molecule has 0 aromatic heterocycles. The van der Waals surface area contributed by atoms with E-state index >= 15 is 0 Å². The van der Waals surface area contributed by atoms with E-state index in [4.69, 9.17) is 5.11 Å². The number of hydrogen-bond donors (Lipinski definition) is 1. The molecule has 0 aliphatic heterocycles. The van der Waals surface area contributed by atoms with Crippen molar-refractivity contribution in [3.8, 4) is 0 Å².